The van der Waals surface area contributed by atoms with Gasteiger partial charge in [0.25, 0.3) is 5.91 Å². The third-order valence-electron chi connectivity index (χ3n) is 3.83. The molecule has 0 spiro atoms. The molecule has 3 nitrogen and oxygen atoms in total. The van der Waals surface area contributed by atoms with Gasteiger partial charge in [0.1, 0.15) is 6.61 Å². The zero-order chi connectivity index (χ0) is 16.2. The Labute approximate surface area is 127 Å². The number of aryl methyl sites for hydroxylation is 1. The first-order valence-corrected chi connectivity index (χ1v) is 7.40. The Morgan fingerprint density at radius 2 is 2.05 bits per heavy atom. The SMILES string of the molecule is Cc1ccccc1C(=O)N[C@H]1CCC[C@@H](OCC(F)(F)F)C1. The van der Waals surface area contributed by atoms with Crippen molar-refractivity contribution in [1.29, 1.82) is 0 Å². The number of ether oxygens (including phenoxy) is 1. The summed E-state index contributed by atoms with van der Waals surface area (Å²) in [5, 5.41) is 2.90. The van der Waals surface area contributed by atoms with E-state index in [1.807, 2.05) is 19.1 Å². The van der Waals surface area contributed by atoms with Crippen LogP contribution in [0.4, 0.5) is 13.2 Å². The van der Waals surface area contributed by atoms with Gasteiger partial charge in [0, 0.05) is 11.6 Å². The van der Waals surface area contributed by atoms with Gasteiger partial charge in [-0.05, 0) is 44.2 Å². The van der Waals surface area contributed by atoms with Crippen LogP contribution >= 0.6 is 0 Å². The standard InChI is InChI=1S/C16H20F3NO2/c1-11-5-2-3-8-14(11)15(21)20-12-6-4-7-13(9-12)22-10-16(17,18)19/h2-3,5,8,12-13H,4,6-7,9-10H2,1H3,(H,20,21)/t12-,13+/m0/s1. The summed E-state index contributed by atoms with van der Waals surface area (Å²) in [4.78, 5) is 12.2. The van der Waals surface area contributed by atoms with Gasteiger partial charge in [-0.3, -0.25) is 4.79 Å². The number of carbonyl (C=O) groups is 1. The number of benzene rings is 1. The second kappa shape index (κ2) is 7.13. The molecule has 0 saturated heterocycles. The predicted molar refractivity (Wildman–Crippen MR) is 76.7 cm³/mol. The fraction of sp³-hybridized carbons (Fsp3) is 0.562. The first kappa shape index (κ1) is 16.8. The topological polar surface area (TPSA) is 38.3 Å². The molecule has 6 heteroatoms. The lowest BCUT2D eigenvalue weighted by Gasteiger charge is -2.30. The van der Waals surface area contributed by atoms with E-state index in [0.29, 0.717) is 18.4 Å². The van der Waals surface area contributed by atoms with Gasteiger partial charge in [0.15, 0.2) is 0 Å². The Hall–Kier alpha value is -1.56. The first-order valence-electron chi connectivity index (χ1n) is 7.40. The Kier molecular flexibility index (Phi) is 5.45. The molecule has 0 radical (unpaired) electrons. The average Bonchev–Trinajstić information content (AvgIpc) is 2.45. The number of halogens is 3. The van der Waals surface area contributed by atoms with Gasteiger partial charge in [-0.15, -0.1) is 0 Å². The van der Waals surface area contributed by atoms with Crippen molar-refractivity contribution in [2.75, 3.05) is 6.61 Å². The Morgan fingerprint density at radius 3 is 2.73 bits per heavy atom. The van der Waals surface area contributed by atoms with E-state index in [4.69, 9.17) is 4.74 Å². The molecule has 0 heterocycles. The molecule has 1 aliphatic rings. The van der Waals surface area contributed by atoms with Crippen molar-refractivity contribution in [2.45, 2.75) is 50.9 Å². The normalized spacial score (nSPS) is 22.4. The lowest BCUT2D eigenvalue weighted by Crippen LogP contribution is -2.41. The lowest BCUT2D eigenvalue weighted by molar-refractivity contribution is -0.188. The second-order valence-corrected chi connectivity index (χ2v) is 5.70. The maximum atomic E-state index is 12.2. The molecule has 2 rings (SSSR count). The van der Waals surface area contributed by atoms with Crippen molar-refractivity contribution in [3.05, 3.63) is 35.4 Å². The fourth-order valence-electron chi connectivity index (χ4n) is 2.73. The number of rotatable bonds is 4. The molecule has 1 amide bonds. The zero-order valence-corrected chi connectivity index (χ0v) is 12.5. The molecular weight excluding hydrogens is 295 g/mol. The van der Waals surface area contributed by atoms with Crippen LogP contribution in [0.15, 0.2) is 24.3 Å². The summed E-state index contributed by atoms with van der Waals surface area (Å²) in [7, 11) is 0. The van der Waals surface area contributed by atoms with Crippen LogP contribution in [0.1, 0.15) is 41.6 Å². The summed E-state index contributed by atoms with van der Waals surface area (Å²) in [6, 6.07) is 7.10. The van der Waals surface area contributed by atoms with Crippen LogP contribution < -0.4 is 5.32 Å². The average molecular weight is 315 g/mol. The lowest BCUT2D eigenvalue weighted by atomic mass is 9.92. The molecule has 1 aromatic carbocycles. The largest absolute Gasteiger partial charge is 0.411 e. The maximum Gasteiger partial charge on any atom is 0.411 e. The van der Waals surface area contributed by atoms with E-state index in [2.05, 4.69) is 5.32 Å². The van der Waals surface area contributed by atoms with Crippen molar-refractivity contribution >= 4 is 5.91 Å². The van der Waals surface area contributed by atoms with E-state index >= 15 is 0 Å². The van der Waals surface area contributed by atoms with Crippen LogP contribution in [-0.2, 0) is 4.74 Å². The van der Waals surface area contributed by atoms with E-state index in [0.717, 1.165) is 18.4 Å². The van der Waals surface area contributed by atoms with Crippen molar-refractivity contribution in [3.63, 3.8) is 0 Å². The van der Waals surface area contributed by atoms with E-state index in [1.54, 1.807) is 12.1 Å². The molecule has 0 unspecified atom stereocenters. The Bertz CT molecular complexity index is 516. The van der Waals surface area contributed by atoms with Gasteiger partial charge in [-0.1, -0.05) is 18.2 Å². The van der Waals surface area contributed by atoms with Crippen molar-refractivity contribution in [1.82, 2.24) is 5.32 Å². The minimum atomic E-state index is -4.31. The smallest absolute Gasteiger partial charge is 0.369 e. The zero-order valence-electron chi connectivity index (χ0n) is 12.5. The molecule has 0 bridgehead atoms. The molecule has 1 aromatic rings. The summed E-state index contributed by atoms with van der Waals surface area (Å²) in [6.45, 7) is 0.626. The number of nitrogens with one attached hydrogen (secondary N) is 1. The molecule has 1 fully saturated rings. The summed E-state index contributed by atoms with van der Waals surface area (Å²) < 4.78 is 41.5. The van der Waals surface area contributed by atoms with Gasteiger partial charge in [0.2, 0.25) is 0 Å². The highest BCUT2D eigenvalue weighted by molar-refractivity contribution is 5.95. The monoisotopic (exact) mass is 315 g/mol. The highest BCUT2D eigenvalue weighted by Gasteiger charge is 2.31. The molecule has 22 heavy (non-hydrogen) atoms. The summed E-state index contributed by atoms with van der Waals surface area (Å²) >= 11 is 0. The van der Waals surface area contributed by atoms with Gasteiger partial charge in [-0.2, -0.15) is 13.2 Å². The van der Waals surface area contributed by atoms with Gasteiger partial charge in [-0.25, -0.2) is 0 Å². The van der Waals surface area contributed by atoms with E-state index < -0.39 is 18.9 Å². The van der Waals surface area contributed by atoms with E-state index in [9.17, 15) is 18.0 Å². The first-order chi connectivity index (χ1) is 10.3. The van der Waals surface area contributed by atoms with Crippen molar-refractivity contribution in [2.24, 2.45) is 0 Å². The summed E-state index contributed by atoms with van der Waals surface area (Å²) in [6.07, 6.45) is -2.21. The van der Waals surface area contributed by atoms with Crippen LogP contribution in [-0.4, -0.2) is 30.8 Å². The van der Waals surface area contributed by atoms with E-state index in [1.165, 1.54) is 0 Å². The number of hydrogen-bond acceptors (Lipinski definition) is 2. The Balaban J connectivity index is 1.88. The summed E-state index contributed by atoms with van der Waals surface area (Å²) in [5.74, 6) is -0.181. The molecule has 2 atom stereocenters. The van der Waals surface area contributed by atoms with Crippen molar-refractivity contribution < 1.29 is 22.7 Å². The fourth-order valence-corrected chi connectivity index (χ4v) is 2.73. The van der Waals surface area contributed by atoms with Crippen LogP contribution in [0.3, 0.4) is 0 Å². The molecule has 1 saturated carbocycles. The highest BCUT2D eigenvalue weighted by Crippen LogP contribution is 2.24. The van der Waals surface area contributed by atoms with Crippen LogP contribution in [0.25, 0.3) is 0 Å². The highest BCUT2D eigenvalue weighted by atomic mass is 19.4. The number of alkyl halides is 3. The minimum absolute atomic E-state index is 0.140. The molecule has 1 N–H and O–H groups in total. The third-order valence-corrected chi connectivity index (χ3v) is 3.83. The Morgan fingerprint density at radius 1 is 1.32 bits per heavy atom. The van der Waals surface area contributed by atoms with Crippen LogP contribution in [0, 0.1) is 6.92 Å². The molecule has 122 valence electrons. The summed E-state index contributed by atoms with van der Waals surface area (Å²) in [5.41, 5.74) is 1.47. The predicted octanol–water partition coefficient (Wildman–Crippen LogP) is 3.61. The minimum Gasteiger partial charge on any atom is -0.369 e. The number of amides is 1. The third kappa shape index (κ3) is 5.02. The molecule has 0 aliphatic heterocycles. The van der Waals surface area contributed by atoms with E-state index in [-0.39, 0.29) is 11.9 Å². The van der Waals surface area contributed by atoms with Crippen LogP contribution in [0.2, 0.25) is 0 Å². The number of carbonyl (C=O) groups excluding carboxylic acids is 1. The quantitative estimate of drug-likeness (QED) is 0.921. The molecule has 0 aromatic heterocycles. The molecule has 1 aliphatic carbocycles. The van der Waals surface area contributed by atoms with Crippen molar-refractivity contribution in [3.8, 4) is 0 Å². The van der Waals surface area contributed by atoms with Gasteiger partial charge in [0.05, 0.1) is 6.10 Å². The van der Waals surface area contributed by atoms with Crippen LogP contribution in [0.5, 0.6) is 0 Å². The molecular formula is C16H20F3NO2. The van der Waals surface area contributed by atoms with Gasteiger partial charge < -0.3 is 10.1 Å². The second-order valence-electron chi connectivity index (χ2n) is 5.70. The van der Waals surface area contributed by atoms with Gasteiger partial charge >= 0.3 is 6.18 Å². The number of hydrogen-bond donors (Lipinski definition) is 1. The maximum absolute atomic E-state index is 12.2.